The summed E-state index contributed by atoms with van der Waals surface area (Å²) < 4.78 is 4.86. The molecule has 0 saturated heterocycles. The molecule has 0 aliphatic heterocycles. The van der Waals surface area contributed by atoms with Crippen molar-refractivity contribution in [2.45, 2.75) is 38.1 Å². The number of hydrogen-bond acceptors (Lipinski definition) is 4. The molecule has 0 aromatic heterocycles. The number of carboxylic acids is 1. The Balaban J connectivity index is 2.52. The van der Waals surface area contributed by atoms with Crippen LogP contribution in [0.25, 0.3) is 0 Å². The lowest BCUT2D eigenvalue weighted by molar-refractivity contribution is -0.137. The number of methoxy groups -OCH3 is 1. The Morgan fingerprint density at radius 3 is 2.80 bits per heavy atom. The highest BCUT2D eigenvalue weighted by atomic mass is 16.5. The number of rotatable bonds is 10. The van der Waals surface area contributed by atoms with E-state index in [9.17, 15) is 14.4 Å². The molecule has 1 amide bonds. The highest BCUT2D eigenvalue weighted by Gasteiger charge is 2.12. The van der Waals surface area contributed by atoms with Crippen molar-refractivity contribution in [1.82, 2.24) is 5.32 Å². The number of carboxylic acid groups (broad SMARTS) is 1. The van der Waals surface area contributed by atoms with E-state index in [4.69, 9.17) is 9.84 Å². The number of carbonyl (C=O) groups excluding carboxylic acids is 2. The van der Waals surface area contributed by atoms with E-state index in [0.29, 0.717) is 30.3 Å². The van der Waals surface area contributed by atoms with Crippen LogP contribution in [0.1, 0.15) is 48.0 Å². The lowest BCUT2D eigenvalue weighted by atomic mass is 10.1. The van der Waals surface area contributed by atoms with E-state index in [-0.39, 0.29) is 18.9 Å². The average Bonchev–Trinajstić information content (AvgIpc) is 2.60. The van der Waals surface area contributed by atoms with Crippen LogP contribution >= 0.6 is 0 Å². The molecule has 0 aliphatic carbocycles. The minimum atomic E-state index is -0.775. The molecule has 0 saturated carbocycles. The van der Waals surface area contributed by atoms with Gasteiger partial charge in [-0.3, -0.25) is 9.59 Å². The van der Waals surface area contributed by atoms with Gasteiger partial charge in [0, 0.05) is 31.1 Å². The summed E-state index contributed by atoms with van der Waals surface area (Å²) in [7, 11) is 1.46. The van der Waals surface area contributed by atoms with E-state index in [2.05, 4.69) is 17.2 Å². The molecular formula is C19H23NO5. The van der Waals surface area contributed by atoms with Gasteiger partial charge in [0.25, 0.3) is 5.91 Å². The number of amides is 1. The average molecular weight is 345 g/mol. The number of aldehydes is 1. The van der Waals surface area contributed by atoms with Gasteiger partial charge < -0.3 is 20.0 Å². The third-order valence-corrected chi connectivity index (χ3v) is 3.38. The van der Waals surface area contributed by atoms with Gasteiger partial charge in [-0.25, -0.2) is 0 Å². The maximum atomic E-state index is 12.1. The molecule has 1 aromatic carbocycles. The van der Waals surface area contributed by atoms with E-state index in [1.165, 1.54) is 7.11 Å². The van der Waals surface area contributed by atoms with Crippen LogP contribution in [-0.2, 0) is 14.3 Å². The van der Waals surface area contributed by atoms with E-state index >= 15 is 0 Å². The summed E-state index contributed by atoms with van der Waals surface area (Å²) in [6.07, 6.45) is 3.84. The molecule has 2 N–H and O–H groups in total. The molecule has 6 nitrogen and oxygen atoms in total. The van der Waals surface area contributed by atoms with Gasteiger partial charge in [-0.15, -0.1) is 0 Å². The first-order chi connectivity index (χ1) is 12.1. The highest BCUT2D eigenvalue weighted by Crippen LogP contribution is 2.06. The Morgan fingerprint density at radius 1 is 1.32 bits per heavy atom. The van der Waals surface area contributed by atoms with Crippen LogP contribution in [-0.4, -0.2) is 43.0 Å². The van der Waals surface area contributed by atoms with Gasteiger partial charge in [-0.1, -0.05) is 24.3 Å². The Morgan fingerprint density at radius 2 is 2.12 bits per heavy atom. The smallest absolute Gasteiger partial charge is 0.303 e. The first kappa shape index (κ1) is 20.4. The Kier molecular flexibility index (Phi) is 9.64. The molecule has 25 heavy (non-hydrogen) atoms. The summed E-state index contributed by atoms with van der Waals surface area (Å²) in [5, 5.41) is 11.1. The van der Waals surface area contributed by atoms with Gasteiger partial charge in [0.1, 0.15) is 12.3 Å². The van der Waals surface area contributed by atoms with E-state index in [1.54, 1.807) is 24.3 Å². The fourth-order valence-electron chi connectivity index (χ4n) is 2.12. The normalized spacial score (nSPS) is 11.1. The number of ether oxygens (including phenoxy) is 1. The quantitative estimate of drug-likeness (QED) is 0.384. The van der Waals surface area contributed by atoms with Crippen molar-refractivity contribution < 1.29 is 24.2 Å². The molecule has 1 atom stereocenters. The van der Waals surface area contributed by atoms with Crippen LogP contribution in [0, 0.1) is 11.8 Å². The molecule has 0 unspecified atom stereocenters. The van der Waals surface area contributed by atoms with Crippen LogP contribution in [0.4, 0.5) is 0 Å². The molecule has 134 valence electrons. The van der Waals surface area contributed by atoms with Crippen molar-refractivity contribution >= 4 is 18.2 Å². The number of nitrogens with one attached hydrogen (secondary N) is 1. The second-order valence-corrected chi connectivity index (χ2v) is 5.51. The number of hydrogen-bond donors (Lipinski definition) is 2. The van der Waals surface area contributed by atoms with Gasteiger partial charge in [-0.05, 0) is 31.0 Å². The zero-order chi connectivity index (χ0) is 18.5. The first-order valence-corrected chi connectivity index (χ1v) is 8.12. The van der Waals surface area contributed by atoms with Crippen LogP contribution in [0.2, 0.25) is 0 Å². The maximum absolute atomic E-state index is 12.1. The van der Waals surface area contributed by atoms with Crippen molar-refractivity contribution in [1.29, 1.82) is 0 Å². The largest absolute Gasteiger partial charge is 0.481 e. The first-order valence-electron chi connectivity index (χ1n) is 8.12. The topological polar surface area (TPSA) is 92.7 Å². The van der Waals surface area contributed by atoms with Crippen molar-refractivity contribution in [2.24, 2.45) is 0 Å². The number of benzene rings is 1. The zero-order valence-corrected chi connectivity index (χ0v) is 14.3. The molecule has 0 aliphatic rings. The summed E-state index contributed by atoms with van der Waals surface area (Å²) >= 11 is 0. The van der Waals surface area contributed by atoms with E-state index < -0.39 is 12.0 Å². The molecule has 0 heterocycles. The molecule has 6 heteroatoms. The minimum Gasteiger partial charge on any atom is -0.481 e. The molecule has 0 radical (unpaired) electrons. The van der Waals surface area contributed by atoms with Crippen LogP contribution < -0.4 is 5.32 Å². The van der Waals surface area contributed by atoms with Gasteiger partial charge in [0.2, 0.25) is 0 Å². The lowest BCUT2D eigenvalue weighted by Crippen LogP contribution is -2.39. The standard InChI is InChI=1S/C19H23NO5/c1-25-14-17(13-21)20-19(24)16-10-7-9-15(12-16)8-5-3-2-4-6-11-18(22)23/h7,9-10,12-13,17H,2-4,6,11,14H2,1H3,(H,20,24)(H,22,23)/t17-/m0/s1. The predicted molar refractivity (Wildman–Crippen MR) is 93.2 cm³/mol. The third kappa shape index (κ3) is 8.68. The summed E-state index contributed by atoms with van der Waals surface area (Å²) in [4.78, 5) is 33.4. The van der Waals surface area contributed by atoms with E-state index in [0.717, 1.165) is 12.8 Å². The third-order valence-electron chi connectivity index (χ3n) is 3.38. The zero-order valence-electron chi connectivity index (χ0n) is 14.3. The monoisotopic (exact) mass is 345 g/mol. The highest BCUT2D eigenvalue weighted by molar-refractivity contribution is 5.96. The second kappa shape index (κ2) is 11.8. The Bertz CT molecular complexity index is 645. The number of aliphatic carboxylic acids is 1. The molecular weight excluding hydrogens is 322 g/mol. The van der Waals surface area contributed by atoms with Crippen LogP contribution in [0.3, 0.4) is 0 Å². The lowest BCUT2D eigenvalue weighted by Gasteiger charge is -2.11. The molecule has 0 bridgehead atoms. The number of carbonyl (C=O) groups is 3. The van der Waals surface area contributed by atoms with Crippen LogP contribution in [0.15, 0.2) is 24.3 Å². The second-order valence-electron chi connectivity index (χ2n) is 5.51. The summed E-state index contributed by atoms with van der Waals surface area (Å²) in [6.45, 7) is 0.122. The molecule has 1 aromatic rings. The number of unbranched alkanes of at least 4 members (excludes halogenated alkanes) is 3. The van der Waals surface area contributed by atoms with Gasteiger partial charge in [0.15, 0.2) is 0 Å². The SMILES string of the molecule is COC[C@H](C=O)NC(=O)c1cccc(C#CCCCCCC(=O)O)c1. The van der Waals surface area contributed by atoms with Gasteiger partial charge >= 0.3 is 5.97 Å². The van der Waals surface area contributed by atoms with Gasteiger partial charge in [-0.2, -0.15) is 0 Å². The van der Waals surface area contributed by atoms with Gasteiger partial charge in [0.05, 0.1) is 6.61 Å². The fraction of sp³-hybridized carbons (Fsp3) is 0.421. The van der Waals surface area contributed by atoms with E-state index in [1.807, 2.05) is 0 Å². The minimum absolute atomic E-state index is 0.122. The fourth-order valence-corrected chi connectivity index (χ4v) is 2.12. The maximum Gasteiger partial charge on any atom is 0.303 e. The molecule has 1 rings (SSSR count). The Labute approximate surface area is 147 Å². The van der Waals surface area contributed by atoms with Crippen molar-refractivity contribution in [3.63, 3.8) is 0 Å². The molecule has 0 spiro atoms. The van der Waals surface area contributed by atoms with Crippen molar-refractivity contribution in [3.8, 4) is 11.8 Å². The molecule has 0 fully saturated rings. The summed E-state index contributed by atoms with van der Waals surface area (Å²) in [5.41, 5.74) is 1.14. The predicted octanol–water partition coefficient (Wildman–Crippen LogP) is 2.02. The Hall–Kier alpha value is -2.65. The van der Waals surface area contributed by atoms with Crippen molar-refractivity contribution in [2.75, 3.05) is 13.7 Å². The van der Waals surface area contributed by atoms with Crippen molar-refractivity contribution in [3.05, 3.63) is 35.4 Å². The summed E-state index contributed by atoms with van der Waals surface area (Å²) in [5.74, 6) is 4.88. The van der Waals surface area contributed by atoms with Crippen LogP contribution in [0.5, 0.6) is 0 Å². The summed E-state index contributed by atoms with van der Waals surface area (Å²) in [6, 6.07) is 6.18.